The molecule has 1 atom stereocenters. The van der Waals surface area contributed by atoms with Crippen molar-refractivity contribution in [3.63, 3.8) is 0 Å². The predicted octanol–water partition coefficient (Wildman–Crippen LogP) is 1.74. The van der Waals surface area contributed by atoms with Crippen molar-refractivity contribution in [3.8, 4) is 0 Å². The molecular weight excluding hydrogens is 248 g/mol. The number of rotatable bonds is 6. The number of benzene rings is 1. The van der Waals surface area contributed by atoms with E-state index in [4.69, 9.17) is 0 Å². The summed E-state index contributed by atoms with van der Waals surface area (Å²) >= 11 is 4.29. The van der Waals surface area contributed by atoms with Gasteiger partial charge in [0.05, 0.1) is 0 Å². The molecule has 0 spiro atoms. The largest absolute Gasteiger partial charge is 0.326 e. The Hall–Kier alpha value is -1.33. The lowest BCUT2D eigenvalue weighted by atomic mass is 10.1. The average molecular weight is 266 g/mol. The van der Waals surface area contributed by atoms with E-state index in [2.05, 4.69) is 23.3 Å². The standard InChI is InChI=1S/C13H18N2O2S/c1-9(16)10-3-5-11(6-4-10)15-13(17)7-12(18)8-14-2/h3-6,12,14,18H,7-8H2,1-2H3,(H,15,17). The maximum absolute atomic E-state index is 11.7. The number of nitrogens with one attached hydrogen (secondary N) is 2. The highest BCUT2D eigenvalue weighted by Crippen LogP contribution is 2.11. The fraction of sp³-hybridized carbons (Fsp3) is 0.385. The molecule has 5 heteroatoms. The van der Waals surface area contributed by atoms with Crippen LogP contribution in [0.15, 0.2) is 24.3 Å². The van der Waals surface area contributed by atoms with Gasteiger partial charge in [-0.25, -0.2) is 0 Å². The first kappa shape index (κ1) is 14.7. The third kappa shape index (κ3) is 4.89. The molecule has 1 unspecified atom stereocenters. The quantitative estimate of drug-likeness (QED) is 0.543. The van der Waals surface area contributed by atoms with Gasteiger partial charge in [-0.1, -0.05) is 0 Å². The molecular formula is C13H18N2O2S. The fourth-order valence-electron chi connectivity index (χ4n) is 1.52. The van der Waals surface area contributed by atoms with Gasteiger partial charge >= 0.3 is 0 Å². The Morgan fingerprint density at radius 3 is 2.39 bits per heavy atom. The number of thiol groups is 1. The number of hydrogen-bond acceptors (Lipinski definition) is 4. The van der Waals surface area contributed by atoms with Crippen LogP contribution in [0.4, 0.5) is 5.69 Å². The average Bonchev–Trinajstić information content (AvgIpc) is 2.29. The van der Waals surface area contributed by atoms with Crippen molar-refractivity contribution in [1.82, 2.24) is 5.32 Å². The summed E-state index contributed by atoms with van der Waals surface area (Å²) in [6.07, 6.45) is 0.346. The van der Waals surface area contributed by atoms with Crippen LogP contribution in [0.2, 0.25) is 0 Å². The zero-order valence-corrected chi connectivity index (χ0v) is 11.5. The Balaban J connectivity index is 2.51. The van der Waals surface area contributed by atoms with Crippen LogP contribution in [-0.4, -0.2) is 30.5 Å². The van der Waals surface area contributed by atoms with Crippen molar-refractivity contribution in [2.24, 2.45) is 0 Å². The Morgan fingerprint density at radius 1 is 1.28 bits per heavy atom. The van der Waals surface area contributed by atoms with E-state index in [9.17, 15) is 9.59 Å². The molecule has 0 fully saturated rings. The Bertz CT molecular complexity index is 418. The van der Waals surface area contributed by atoms with Gasteiger partial charge in [-0.15, -0.1) is 0 Å². The summed E-state index contributed by atoms with van der Waals surface area (Å²) in [7, 11) is 1.82. The lowest BCUT2D eigenvalue weighted by Crippen LogP contribution is -2.24. The summed E-state index contributed by atoms with van der Waals surface area (Å²) in [5, 5.41) is 5.73. The summed E-state index contributed by atoms with van der Waals surface area (Å²) in [5.74, 6) is -0.0712. The fourth-order valence-corrected chi connectivity index (χ4v) is 1.87. The second kappa shape index (κ2) is 7.18. The molecule has 0 saturated heterocycles. The highest BCUT2D eigenvalue weighted by molar-refractivity contribution is 7.81. The van der Waals surface area contributed by atoms with Crippen LogP contribution in [0.3, 0.4) is 0 Å². The maximum atomic E-state index is 11.7. The lowest BCUT2D eigenvalue weighted by Gasteiger charge is -2.10. The topological polar surface area (TPSA) is 58.2 Å². The van der Waals surface area contributed by atoms with Crippen molar-refractivity contribution in [1.29, 1.82) is 0 Å². The maximum Gasteiger partial charge on any atom is 0.225 e. The molecule has 0 bridgehead atoms. The van der Waals surface area contributed by atoms with Gasteiger partial charge in [-0.05, 0) is 38.2 Å². The van der Waals surface area contributed by atoms with E-state index in [0.29, 0.717) is 24.2 Å². The minimum atomic E-state index is -0.0826. The third-order valence-electron chi connectivity index (χ3n) is 2.44. The number of Topliss-reactive ketones (excluding diaryl/α,β-unsaturated/α-hetero) is 1. The second-order valence-corrected chi connectivity index (χ2v) is 4.83. The van der Waals surface area contributed by atoms with Crippen LogP contribution in [0.1, 0.15) is 23.7 Å². The van der Waals surface area contributed by atoms with Crippen LogP contribution in [0, 0.1) is 0 Å². The van der Waals surface area contributed by atoms with Crippen molar-refractivity contribution >= 4 is 30.0 Å². The summed E-state index contributed by atoms with van der Waals surface area (Å²) in [4.78, 5) is 22.8. The molecule has 4 nitrogen and oxygen atoms in total. The first-order valence-corrected chi connectivity index (χ1v) is 6.28. The van der Waals surface area contributed by atoms with Crippen LogP contribution in [0.25, 0.3) is 0 Å². The van der Waals surface area contributed by atoms with Crippen LogP contribution < -0.4 is 10.6 Å². The number of carbonyl (C=O) groups excluding carboxylic acids is 2. The van der Waals surface area contributed by atoms with Crippen molar-refractivity contribution in [2.75, 3.05) is 18.9 Å². The summed E-state index contributed by atoms with van der Waals surface area (Å²) in [5.41, 5.74) is 1.32. The summed E-state index contributed by atoms with van der Waals surface area (Å²) < 4.78 is 0. The van der Waals surface area contributed by atoms with Crippen LogP contribution in [-0.2, 0) is 4.79 Å². The summed E-state index contributed by atoms with van der Waals surface area (Å²) in [6.45, 7) is 2.19. The molecule has 1 rings (SSSR count). The zero-order chi connectivity index (χ0) is 13.5. The first-order chi connectivity index (χ1) is 8.52. The van der Waals surface area contributed by atoms with Gasteiger partial charge in [-0.3, -0.25) is 9.59 Å². The molecule has 2 N–H and O–H groups in total. The van der Waals surface area contributed by atoms with Gasteiger partial charge in [0.1, 0.15) is 0 Å². The normalized spacial score (nSPS) is 11.9. The molecule has 0 aromatic heterocycles. The number of anilines is 1. The molecule has 0 aliphatic rings. The van der Waals surface area contributed by atoms with Gasteiger partial charge in [0.25, 0.3) is 0 Å². The van der Waals surface area contributed by atoms with Gasteiger partial charge < -0.3 is 10.6 Å². The van der Waals surface area contributed by atoms with E-state index < -0.39 is 0 Å². The van der Waals surface area contributed by atoms with Crippen molar-refractivity contribution < 1.29 is 9.59 Å². The highest BCUT2D eigenvalue weighted by Gasteiger charge is 2.09. The Kier molecular flexibility index (Phi) is 5.88. The second-order valence-electron chi connectivity index (χ2n) is 4.10. The molecule has 18 heavy (non-hydrogen) atoms. The number of carbonyl (C=O) groups is 2. The van der Waals surface area contributed by atoms with Gasteiger partial charge in [-0.2, -0.15) is 12.6 Å². The Labute approximate surface area is 113 Å². The zero-order valence-electron chi connectivity index (χ0n) is 10.6. The SMILES string of the molecule is CNCC(S)CC(=O)Nc1ccc(C(C)=O)cc1. The Morgan fingerprint density at radius 2 is 1.89 bits per heavy atom. The van der Waals surface area contributed by atoms with Crippen LogP contribution >= 0.6 is 12.6 Å². The smallest absolute Gasteiger partial charge is 0.225 e. The third-order valence-corrected chi connectivity index (χ3v) is 2.80. The first-order valence-electron chi connectivity index (χ1n) is 5.76. The molecule has 0 saturated carbocycles. The molecule has 0 heterocycles. The molecule has 0 radical (unpaired) electrons. The van der Waals surface area contributed by atoms with Gasteiger partial charge in [0.2, 0.25) is 5.91 Å². The summed E-state index contributed by atoms with van der Waals surface area (Å²) in [6, 6.07) is 6.84. The van der Waals surface area contributed by atoms with Gasteiger partial charge in [0.15, 0.2) is 5.78 Å². The number of amides is 1. The minimum absolute atomic E-state index is 0.00788. The number of hydrogen-bond donors (Lipinski definition) is 3. The molecule has 98 valence electrons. The van der Waals surface area contributed by atoms with E-state index in [1.807, 2.05) is 7.05 Å². The molecule has 0 aliphatic carbocycles. The number of ketones is 1. The molecule has 1 aromatic carbocycles. The highest BCUT2D eigenvalue weighted by atomic mass is 32.1. The van der Waals surface area contributed by atoms with E-state index in [0.717, 1.165) is 0 Å². The molecule has 1 amide bonds. The van der Waals surface area contributed by atoms with E-state index in [-0.39, 0.29) is 16.9 Å². The van der Waals surface area contributed by atoms with E-state index >= 15 is 0 Å². The van der Waals surface area contributed by atoms with Crippen LogP contribution in [0.5, 0.6) is 0 Å². The van der Waals surface area contributed by atoms with Crippen molar-refractivity contribution in [3.05, 3.63) is 29.8 Å². The van der Waals surface area contributed by atoms with Gasteiger partial charge in [0, 0.05) is 29.5 Å². The van der Waals surface area contributed by atoms with Crippen molar-refractivity contribution in [2.45, 2.75) is 18.6 Å². The monoisotopic (exact) mass is 266 g/mol. The molecule has 1 aromatic rings. The minimum Gasteiger partial charge on any atom is -0.326 e. The predicted molar refractivity (Wildman–Crippen MR) is 76.4 cm³/mol. The van der Waals surface area contributed by atoms with E-state index in [1.165, 1.54) is 6.92 Å². The molecule has 0 aliphatic heterocycles. The van der Waals surface area contributed by atoms with E-state index in [1.54, 1.807) is 24.3 Å². The lowest BCUT2D eigenvalue weighted by molar-refractivity contribution is -0.116.